The van der Waals surface area contributed by atoms with Crippen molar-refractivity contribution in [1.82, 2.24) is 0 Å². The number of hydrogen-bond acceptors (Lipinski definition) is 2. The Morgan fingerprint density at radius 1 is 1.20 bits per heavy atom. The molecule has 4 heteroatoms. The molecular formula is C16H16BrFO2. The average Bonchev–Trinajstić information content (AvgIpc) is 2.44. The molecule has 0 saturated carbocycles. The number of rotatable bonds is 5. The second-order valence-electron chi connectivity index (χ2n) is 4.47. The summed E-state index contributed by atoms with van der Waals surface area (Å²) in [7, 11) is 0. The first kappa shape index (κ1) is 15.0. The summed E-state index contributed by atoms with van der Waals surface area (Å²) < 4.78 is 18.9. The lowest BCUT2D eigenvalue weighted by molar-refractivity contribution is 0.178. The summed E-state index contributed by atoms with van der Waals surface area (Å²) in [6.07, 6.45) is -0.185. The molecule has 0 spiro atoms. The van der Waals surface area contributed by atoms with Crippen molar-refractivity contribution >= 4 is 15.9 Å². The zero-order valence-electron chi connectivity index (χ0n) is 11.1. The van der Waals surface area contributed by atoms with Gasteiger partial charge in [0.15, 0.2) is 0 Å². The number of hydrogen-bond donors (Lipinski definition) is 1. The van der Waals surface area contributed by atoms with Crippen LogP contribution in [-0.2, 0) is 6.42 Å². The van der Waals surface area contributed by atoms with Crippen molar-refractivity contribution in [1.29, 1.82) is 0 Å². The largest absolute Gasteiger partial charge is 0.494 e. The van der Waals surface area contributed by atoms with Gasteiger partial charge in [-0.1, -0.05) is 18.2 Å². The van der Waals surface area contributed by atoms with Gasteiger partial charge in [0.25, 0.3) is 0 Å². The van der Waals surface area contributed by atoms with Crippen molar-refractivity contribution in [3.8, 4) is 5.75 Å². The molecule has 0 heterocycles. The highest BCUT2D eigenvalue weighted by Gasteiger charge is 2.10. The second kappa shape index (κ2) is 6.86. The third kappa shape index (κ3) is 3.81. The van der Waals surface area contributed by atoms with E-state index in [-0.39, 0.29) is 5.82 Å². The Morgan fingerprint density at radius 3 is 2.50 bits per heavy atom. The lowest BCUT2D eigenvalue weighted by atomic mass is 10.0. The summed E-state index contributed by atoms with van der Waals surface area (Å²) in [6.45, 7) is 2.54. The lowest BCUT2D eigenvalue weighted by Gasteiger charge is -2.12. The van der Waals surface area contributed by atoms with Gasteiger partial charge >= 0.3 is 0 Å². The van der Waals surface area contributed by atoms with Crippen LogP contribution >= 0.6 is 15.9 Å². The SMILES string of the molecule is CCOc1ccc(C(O)Cc2ccc(F)c(Br)c2)cc1. The van der Waals surface area contributed by atoms with E-state index >= 15 is 0 Å². The maximum atomic E-state index is 13.2. The first-order valence-corrected chi connectivity index (χ1v) is 7.24. The number of benzene rings is 2. The molecule has 0 aromatic heterocycles. The van der Waals surface area contributed by atoms with Crippen LogP contribution < -0.4 is 4.74 Å². The summed E-state index contributed by atoms with van der Waals surface area (Å²) in [5, 5.41) is 10.2. The van der Waals surface area contributed by atoms with Crippen molar-refractivity contribution in [2.75, 3.05) is 6.61 Å². The molecule has 2 aromatic rings. The summed E-state index contributed by atoms with van der Waals surface area (Å²) in [6, 6.07) is 12.1. The molecule has 0 radical (unpaired) electrons. The summed E-state index contributed by atoms with van der Waals surface area (Å²) in [5.41, 5.74) is 1.69. The van der Waals surface area contributed by atoms with Crippen molar-refractivity contribution in [3.63, 3.8) is 0 Å². The van der Waals surface area contributed by atoms with Gasteiger partial charge in [-0.3, -0.25) is 0 Å². The molecule has 1 unspecified atom stereocenters. The molecule has 1 N–H and O–H groups in total. The van der Waals surface area contributed by atoms with Crippen molar-refractivity contribution in [3.05, 3.63) is 63.9 Å². The van der Waals surface area contributed by atoms with E-state index in [0.717, 1.165) is 16.9 Å². The summed E-state index contributed by atoms with van der Waals surface area (Å²) >= 11 is 3.15. The maximum Gasteiger partial charge on any atom is 0.137 e. The fraction of sp³-hybridized carbons (Fsp3) is 0.250. The Hall–Kier alpha value is -1.39. The van der Waals surface area contributed by atoms with Gasteiger partial charge in [-0.05, 0) is 58.2 Å². The summed E-state index contributed by atoms with van der Waals surface area (Å²) in [4.78, 5) is 0. The minimum Gasteiger partial charge on any atom is -0.494 e. The number of ether oxygens (including phenoxy) is 1. The van der Waals surface area contributed by atoms with Gasteiger partial charge in [0.05, 0.1) is 17.2 Å². The van der Waals surface area contributed by atoms with Gasteiger partial charge in [0.1, 0.15) is 11.6 Å². The first-order valence-electron chi connectivity index (χ1n) is 6.45. The van der Waals surface area contributed by atoms with Crippen LogP contribution in [0.3, 0.4) is 0 Å². The van der Waals surface area contributed by atoms with Gasteiger partial charge in [0.2, 0.25) is 0 Å². The molecule has 0 amide bonds. The van der Waals surface area contributed by atoms with Gasteiger partial charge in [0, 0.05) is 6.42 Å². The minimum atomic E-state index is -0.622. The van der Waals surface area contributed by atoms with E-state index in [9.17, 15) is 9.50 Å². The molecule has 20 heavy (non-hydrogen) atoms. The molecule has 0 aliphatic rings. The predicted octanol–water partition coefficient (Wildman–Crippen LogP) is 4.26. The Morgan fingerprint density at radius 2 is 1.90 bits per heavy atom. The van der Waals surface area contributed by atoms with E-state index in [4.69, 9.17) is 4.74 Å². The lowest BCUT2D eigenvalue weighted by Crippen LogP contribution is -2.02. The van der Waals surface area contributed by atoms with Gasteiger partial charge in [-0.25, -0.2) is 4.39 Å². The van der Waals surface area contributed by atoms with Crippen molar-refractivity contribution in [2.45, 2.75) is 19.4 Å². The number of aliphatic hydroxyl groups excluding tert-OH is 1. The molecule has 0 fully saturated rings. The van der Waals surface area contributed by atoms with Crippen LogP contribution in [0, 0.1) is 5.82 Å². The third-order valence-corrected chi connectivity index (χ3v) is 3.60. The number of halogens is 2. The normalized spacial score (nSPS) is 12.2. The van der Waals surface area contributed by atoms with Crippen LogP contribution in [0.1, 0.15) is 24.2 Å². The van der Waals surface area contributed by atoms with Crippen molar-refractivity contribution < 1.29 is 14.2 Å². The van der Waals surface area contributed by atoms with E-state index in [1.165, 1.54) is 6.07 Å². The second-order valence-corrected chi connectivity index (χ2v) is 5.32. The Bertz CT molecular complexity index is 569. The Labute approximate surface area is 126 Å². The van der Waals surface area contributed by atoms with E-state index in [1.54, 1.807) is 12.1 Å². The molecule has 0 bridgehead atoms. The van der Waals surface area contributed by atoms with Crippen molar-refractivity contribution in [2.24, 2.45) is 0 Å². The van der Waals surface area contributed by atoms with Crippen LogP contribution in [0.2, 0.25) is 0 Å². The van der Waals surface area contributed by atoms with Crippen LogP contribution in [0.4, 0.5) is 4.39 Å². The average molecular weight is 339 g/mol. The zero-order valence-corrected chi connectivity index (χ0v) is 12.7. The third-order valence-electron chi connectivity index (χ3n) is 2.99. The highest BCUT2D eigenvalue weighted by molar-refractivity contribution is 9.10. The molecule has 0 aliphatic carbocycles. The Kier molecular flexibility index (Phi) is 5.15. The van der Waals surface area contributed by atoms with Crippen LogP contribution in [0.5, 0.6) is 5.75 Å². The molecule has 2 aromatic carbocycles. The van der Waals surface area contributed by atoms with Gasteiger partial charge < -0.3 is 9.84 Å². The van der Waals surface area contributed by atoms with Crippen LogP contribution in [-0.4, -0.2) is 11.7 Å². The monoisotopic (exact) mass is 338 g/mol. The van der Waals surface area contributed by atoms with E-state index in [0.29, 0.717) is 17.5 Å². The van der Waals surface area contributed by atoms with Crippen LogP contribution in [0.25, 0.3) is 0 Å². The zero-order chi connectivity index (χ0) is 14.5. The quantitative estimate of drug-likeness (QED) is 0.882. The molecule has 1 atom stereocenters. The molecule has 2 rings (SSSR count). The maximum absolute atomic E-state index is 13.2. The highest BCUT2D eigenvalue weighted by atomic mass is 79.9. The fourth-order valence-electron chi connectivity index (χ4n) is 1.96. The number of aliphatic hydroxyl groups is 1. The van der Waals surface area contributed by atoms with E-state index < -0.39 is 6.10 Å². The topological polar surface area (TPSA) is 29.5 Å². The predicted molar refractivity (Wildman–Crippen MR) is 80.4 cm³/mol. The van der Waals surface area contributed by atoms with Gasteiger partial charge in [-0.15, -0.1) is 0 Å². The minimum absolute atomic E-state index is 0.302. The van der Waals surface area contributed by atoms with E-state index in [2.05, 4.69) is 15.9 Å². The summed E-state index contributed by atoms with van der Waals surface area (Å²) in [5.74, 6) is 0.484. The highest BCUT2D eigenvalue weighted by Crippen LogP contribution is 2.23. The first-order chi connectivity index (χ1) is 9.60. The Balaban J connectivity index is 2.06. The molecular weight excluding hydrogens is 323 g/mol. The van der Waals surface area contributed by atoms with Crippen LogP contribution in [0.15, 0.2) is 46.9 Å². The smallest absolute Gasteiger partial charge is 0.137 e. The molecule has 0 saturated heterocycles. The van der Waals surface area contributed by atoms with E-state index in [1.807, 2.05) is 31.2 Å². The van der Waals surface area contributed by atoms with Gasteiger partial charge in [-0.2, -0.15) is 0 Å². The fourth-order valence-corrected chi connectivity index (χ4v) is 2.39. The standard InChI is InChI=1S/C16H16BrFO2/c1-2-20-13-6-4-12(5-7-13)16(19)10-11-3-8-15(18)14(17)9-11/h3-9,16,19H,2,10H2,1H3. The molecule has 0 aliphatic heterocycles. The molecule has 106 valence electrons. The molecule has 2 nitrogen and oxygen atoms in total.